The van der Waals surface area contributed by atoms with E-state index in [1.165, 1.54) is 0 Å². The second-order valence-corrected chi connectivity index (χ2v) is 9.57. The highest BCUT2D eigenvalue weighted by atomic mass is 31.2. The van der Waals surface area contributed by atoms with Gasteiger partial charge in [-0.05, 0) is 19.3 Å². The van der Waals surface area contributed by atoms with Gasteiger partial charge in [-0.3, -0.25) is 13.6 Å². The second kappa shape index (κ2) is 7.31. The topological polar surface area (TPSA) is 55.4 Å². The average Bonchev–Trinajstić information content (AvgIpc) is 2.62. The van der Waals surface area contributed by atoms with Crippen LogP contribution >= 0.6 is 8.60 Å². The minimum absolute atomic E-state index is 0.0103. The fourth-order valence-corrected chi connectivity index (χ4v) is 4.46. The van der Waals surface area contributed by atoms with Crippen molar-refractivity contribution in [3.8, 4) is 0 Å². The van der Waals surface area contributed by atoms with Crippen LogP contribution < -0.4 is 0 Å². The van der Waals surface area contributed by atoms with E-state index in [0.29, 0.717) is 19.8 Å². The third-order valence-electron chi connectivity index (χ3n) is 6.37. The monoisotopic (exact) mass is 376 g/mol. The molecule has 0 saturated carbocycles. The lowest BCUT2D eigenvalue weighted by molar-refractivity contribution is -0.311. The maximum atomic E-state index is 6.12. The van der Waals surface area contributed by atoms with Crippen LogP contribution in [-0.2, 0) is 27.8 Å². The Morgan fingerprint density at radius 3 is 1.12 bits per heavy atom. The minimum atomic E-state index is -1.61. The Labute approximate surface area is 152 Å². The highest BCUT2D eigenvalue weighted by molar-refractivity contribution is 7.41. The predicted octanol–water partition coefficient (Wildman–Crippen LogP) is 4.58. The molecule has 146 valence electrons. The first-order valence-electron chi connectivity index (χ1n) is 9.44. The van der Waals surface area contributed by atoms with Gasteiger partial charge in [0.2, 0.25) is 0 Å². The second-order valence-electron chi connectivity index (χ2n) is 8.49. The van der Waals surface area contributed by atoms with E-state index < -0.39 is 8.60 Å². The van der Waals surface area contributed by atoms with Crippen molar-refractivity contribution < 1.29 is 27.8 Å². The number of hydrogen-bond acceptors (Lipinski definition) is 6. The van der Waals surface area contributed by atoms with Crippen molar-refractivity contribution in [3.05, 3.63) is 0 Å². The molecule has 25 heavy (non-hydrogen) atoms. The van der Waals surface area contributed by atoms with Crippen molar-refractivity contribution in [3.63, 3.8) is 0 Å². The third-order valence-corrected chi connectivity index (χ3v) is 7.46. The van der Waals surface area contributed by atoms with Gasteiger partial charge in [-0.15, -0.1) is 0 Å². The first-order valence-corrected chi connectivity index (χ1v) is 10.5. The molecule has 0 spiro atoms. The highest BCUT2D eigenvalue weighted by Gasteiger charge is 2.52. The van der Waals surface area contributed by atoms with E-state index in [9.17, 15) is 0 Å². The van der Waals surface area contributed by atoms with Crippen molar-refractivity contribution in [2.24, 2.45) is 16.2 Å². The summed E-state index contributed by atoms with van der Waals surface area (Å²) >= 11 is 0. The smallest absolute Gasteiger partial charge is 0.340 e. The lowest BCUT2D eigenvalue weighted by Crippen LogP contribution is -2.53. The zero-order valence-corrected chi connectivity index (χ0v) is 17.3. The number of hydrogen-bond donors (Lipinski definition) is 0. The zero-order chi connectivity index (χ0) is 18.3. The molecular formula is C18H33O6P. The molecule has 0 radical (unpaired) electrons. The molecule has 0 aromatic heterocycles. The van der Waals surface area contributed by atoms with Crippen molar-refractivity contribution in [1.82, 2.24) is 0 Å². The van der Waals surface area contributed by atoms with Crippen LogP contribution in [-0.4, -0.2) is 38.7 Å². The Kier molecular flexibility index (Phi) is 5.83. The zero-order valence-electron chi connectivity index (χ0n) is 16.4. The maximum absolute atomic E-state index is 6.12. The fourth-order valence-electron chi connectivity index (χ4n) is 2.90. The Balaban J connectivity index is 1.64. The summed E-state index contributed by atoms with van der Waals surface area (Å²) in [5.41, 5.74) is 0.0308. The molecule has 3 aliphatic heterocycles. The molecular weight excluding hydrogens is 343 g/mol. The summed E-state index contributed by atoms with van der Waals surface area (Å²) < 4.78 is 35.3. The minimum Gasteiger partial charge on any atom is -0.351 e. The number of ether oxygens (including phenoxy) is 3. The first-order chi connectivity index (χ1) is 11.8. The van der Waals surface area contributed by atoms with E-state index in [0.717, 1.165) is 19.3 Å². The van der Waals surface area contributed by atoms with E-state index in [1.54, 1.807) is 0 Å². The maximum Gasteiger partial charge on any atom is 0.340 e. The Morgan fingerprint density at radius 1 is 0.680 bits per heavy atom. The molecule has 6 atom stereocenters. The lowest BCUT2D eigenvalue weighted by Gasteiger charge is -2.51. The average molecular weight is 376 g/mol. The van der Waals surface area contributed by atoms with Crippen molar-refractivity contribution in [2.75, 3.05) is 19.8 Å². The number of rotatable bonds is 9. The molecule has 0 amide bonds. The van der Waals surface area contributed by atoms with E-state index in [2.05, 4.69) is 41.5 Å². The molecule has 3 heterocycles. The van der Waals surface area contributed by atoms with Crippen LogP contribution in [0.4, 0.5) is 0 Å². The molecule has 3 fully saturated rings. The van der Waals surface area contributed by atoms with Gasteiger partial charge in [0.25, 0.3) is 0 Å². The SMILES string of the molecule is CCC1(C)COC1OP(OC1OCC1(C)CC)OC1OCC1(C)CC. The molecule has 6 nitrogen and oxygen atoms in total. The van der Waals surface area contributed by atoms with Gasteiger partial charge < -0.3 is 14.2 Å². The van der Waals surface area contributed by atoms with Gasteiger partial charge in [0, 0.05) is 16.2 Å². The largest absolute Gasteiger partial charge is 0.351 e. The lowest BCUT2D eigenvalue weighted by atomic mass is 9.84. The molecule has 0 N–H and O–H groups in total. The molecule has 3 rings (SSSR count). The van der Waals surface area contributed by atoms with E-state index >= 15 is 0 Å². The van der Waals surface area contributed by atoms with E-state index in [-0.39, 0.29) is 35.1 Å². The van der Waals surface area contributed by atoms with Crippen LogP contribution in [0.5, 0.6) is 0 Å². The van der Waals surface area contributed by atoms with Crippen molar-refractivity contribution in [2.45, 2.75) is 79.7 Å². The van der Waals surface area contributed by atoms with Crippen LogP contribution in [0.1, 0.15) is 60.8 Å². The van der Waals surface area contributed by atoms with Crippen LogP contribution in [0.15, 0.2) is 0 Å². The summed E-state index contributed by atoms with van der Waals surface area (Å²) in [4.78, 5) is 0. The van der Waals surface area contributed by atoms with E-state index in [4.69, 9.17) is 27.8 Å². The van der Waals surface area contributed by atoms with E-state index in [1.807, 2.05) is 0 Å². The molecule has 0 bridgehead atoms. The van der Waals surface area contributed by atoms with Gasteiger partial charge in [-0.25, -0.2) is 0 Å². The summed E-state index contributed by atoms with van der Waals surface area (Å²) in [5.74, 6) is 0. The van der Waals surface area contributed by atoms with Crippen LogP contribution in [0, 0.1) is 16.2 Å². The standard InChI is InChI=1S/C18H33O6P/c1-7-16(4)10-19-13(16)22-25(23-14-17(5,8-2)11-20-14)24-15-18(6,9-3)12-21-15/h13-15H,7-12H2,1-6H3. The van der Waals surface area contributed by atoms with Crippen LogP contribution in [0.3, 0.4) is 0 Å². The summed E-state index contributed by atoms with van der Waals surface area (Å²) in [6, 6.07) is 0. The quantitative estimate of drug-likeness (QED) is 0.549. The molecule has 0 aromatic carbocycles. The first kappa shape index (κ1) is 19.9. The van der Waals surface area contributed by atoms with Crippen LogP contribution in [0.2, 0.25) is 0 Å². The van der Waals surface area contributed by atoms with Crippen molar-refractivity contribution >= 4 is 8.60 Å². The summed E-state index contributed by atoms with van der Waals surface area (Å²) in [5, 5.41) is 0. The Morgan fingerprint density at radius 2 is 0.960 bits per heavy atom. The normalized spacial score (nSPS) is 47.5. The molecule has 6 unspecified atom stereocenters. The Hall–Kier alpha value is 0.190. The van der Waals surface area contributed by atoms with Crippen LogP contribution in [0.25, 0.3) is 0 Å². The van der Waals surface area contributed by atoms with Gasteiger partial charge in [0.1, 0.15) is 0 Å². The van der Waals surface area contributed by atoms with Gasteiger partial charge >= 0.3 is 8.60 Å². The summed E-state index contributed by atoms with van der Waals surface area (Å²) in [7, 11) is -1.61. The molecule has 0 aliphatic carbocycles. The molecule has 0 aromatic rings. The molecule has 3 saturated heterocycles. The summed E-state index contributed by atoms with van der Waals surface area (Å²) in [6.07, 6.45) is 2.05. The molecule has 3 aliphatic rings. The van der Waals surface area contributed by atoms with Gasteiger partial charge in [-0.2, -0.15) is 0 Å². The fraction of sp³-hybridized carbons (Fsp3) is 1.00. The third kappa shape index (κ3) is 3.64. The Bertz CT molecular complexity index is 400. The van der Waals surface area contributed by atoms with Gasteiger partial charge in [0.05, 0.1) is 19.8 Å². The van der Waals surface area contributed by atoms with Gasteiger partial charge in [-0.1, -0.05) is 41.5 Å². The van der Waals surface area contributed by atoms with Crippen molar-refractivity contribution in [1.29, 1.82) is 0 Å². The predicted molar refractivity (Wildman–Crippen MR) is 94.6 cm³/mol. The highest BCUT2D eigenvalue weighted by Crippen LogP contribution is 2.56. The molecule has 7 heteroatoms. The summed E-state index contributed by atoms with van der Waals surface area (Å²) in [6.45, 7) is 15.1. The van der Waals surface area contributed by atoms with Gasteiger partial charge in [0.15, 0.2) is 18.9 Å².